The highest BCUT2D eigenvalue weighted by molar-refractivity contribution is 5.82. The van der Waals surface area contributed by atoms with Gasteiger partial charge in [-0.3, -0.25) is 0 Å². The minimum Gasteiger partial charge on any atom is -0.392 e. The van der Waals surface area contributed by atoms with E-state index in [1.807, 2.05) is 0 Å². The number of rotatable bonds is 3. The maximum atomic E-state index is 10.7. The van der Waals surface area contributed by atoms with E-state index in [2.05, 4.69) is 49.4 Å². The minimum absolute atomic E-state index is 0.115. The summed E-state index contributed by atoms with van der Waals surface area (Å²) in [4.78, 5) is 0. The molecule has 1 unspecified atom stereocenters. The molecule has 1 aliphatic carbocycles. The second-order valence-corrected chi connectivity index (χ2v) is 6.62. The van der Waals surface area contributed by atoms with Gasteiger partial charge < -0.3 is 5.11 Å². The number of aliphatic hydroxyl groups excluding tert-OH is 1. The average Bonchev–Trinajstić information content (AvgIpc) is 2.48. The Labute approximate surface area is 121 Å². The first kappa shape index (κ1) is 13.6. The molecular formula is C19H24O. The molecule has 0 spiro atoms. The molecule has 2 aromatic carbocycles. The summed E-state index contributed by atoms with van der Waals surface area (Å²) in [6.07, 6.45) is 6.77. The van der Waals surface area contributed by atoms with E-state index in [4.69, 9.17) is 0 Å². The molecular weight excluding hydrogens is 244 g/mol. The normalized spacial score (nSPS) is 19.9. The van der Waals surface area contributed by atoms with Crippen molar-refractivity contribution < 1.29 is 5.11 Å². The third kappa shape index (κ3) is 2.73. The average molecular weight is 268 g/mol. The first-order chi connectivity index (χ1) is 9.67. The van der Waals surface area contributed by atoms with Crippen LogP contribution >= 0.6 is 0 Å². The van der Waals surface area contributed by atoms with Crippen LogP contribution in [0.5, 0.6) is 0 Å². The van der Waals surface area contributed by atoms with Gasteiger partial charge in [-0.1, -0.05) is 68.7 Å². The van der Waals surface area contributed by atoms with Gasteiger partial charge in [0, 0.05) is 0 Å². The zero-order valence-corrected chi connectivity index (χ0v) is 12.3. The molecule has 0 heterocycles. The van der Waals surface area contributed by atoms with Crippen molar-refractivity contribution in [2.45, 2.75) is 51.6 Å². The van der Waals surface area contributed by atoms with Gasteiger partial charge in [0.1, 0.15) is 0 Å². The molecule has 2 aromatic rings. The Bertz CT molecular complexity index is 581. The van der Waals surface area contributed by atoms with Crippen molar-refractivity contribution in [2.24, 2.45) is 5.41 Å². The van der Waals surface area contributed by atoms with E-state index in [9.17, 15) is 5.11 Å². The second kappa shape index (κ2) is 5.57. The number of fused-ring (bicyclic) bond motifs is 1. The van der Waals surface area contributed by atoms with Crippen molar-refractivity contribution in [1.29, 1.82) is 0 Å². The van der Waals surface area contributed by atoms with E-state index in [0.29, 0.717) is 0 Å². The molecule has 1 heteroatoms. The van der Waals surface area contributed by atoms with Gasteiger partial charge in [0.2, 0.25) is 0 Å². The predicted octanol–water partition coefficient (Wildman–Crippen LogP) is 4.71. The Morgan fingerprint density at radius 2 is 1.70 bits per heavy atom. The van der Waals surface area contributed by atoms with Gasteiger partial charge in [-0.25, -0.2) is 0 Å². The Morgan fingerprint density at radius 3 is 2.45 bits per heavy atom. The Balaban J connectivity index is 1.78. The molecule has 1 N–H and O–H groups in total. The lowest BCUT2D eigenvalue weighted by Gasteiger charge is -2.38. The molecule has 1 aliphatic rings. The van der Waals surface area contributed by atoms with E-state index in [1.165, 1.54) is 48.4 Å². The van der Waals surface area contributed by atoms with E-state index >= 15 is 0 Å². The van der Waals surface area contributed by atoms with Crippen molar-refractivity contribution in [3.8, 4) is 0 Å². The number of hydrogen-bond acceptors (Lipinski definition) is 1. The topological polar surface area (TPSA) is 20.2 Å². The molecule has 1 saturated carbocycles. The second-order valence-electron chi connectivity index (χ2n) is 6.62. The summed E-state index contributed by atoms with van der Waals surface area (Å²) >= 11 is 0. The van der Waals surface area contributed by atoms with E-state index in [0.717, 1.165) is 6.42 Å². The van der Waals surface area contributed by atoms with Crippen molar-refractivity contribution in [3.63, 3.8) is 0 Å². The van der Waals surface area contributed by atoms with Gasteiger partial charge in [-0.15, -0.1) is 0 Å². The Hall–Kier alpha value is -1.34. The number of benzene rings is 2. The van der Waals surface area contributed by atoms with Crippen molar-refractivity contribution in [2.75, 3.05) is 0 Å². The summed E-state index contributed by atoms with van der Waals surface area (Å²) in [6.45, 7) is 2.26. The van der Waals surface area contributed by atoms with Gasteiger partial charge in [-0.05, 0) is 41.0 Å². The van der Waals surface area contributed by atoms with Crippen LogP contribution in [0.4, 0.5) is 0 Å². The maximum Gasteiger partial charge on any atom is 0.0634 e. The lowest BCUT2D eigenvalue weighted by Crippen LogP contribution is -2.35. The largest absolute Gasteiger partial charge is 0.392 e. The van der Waals surface area contributed by atoms with Gasteiger partial charge >= 0.3 is 0 Å². The molecule has 1 fully saturated rings. The highest BCUT2D eigenvalue weighted by Crippen LogP contribution is 2.39. The highest BCUT2D eigenvalue weighted by atomic mass is 16.3. The minimum atomic E-state index is -0.219. The van der Waals surface area contributed by atoms with Crippen LogP contribution in [-0.2, 0) is 6.42 Å². The maximum absolute atomic E-state index is 10.7. The van der Waals surface area contributed by atoms with Crippen LogP contribution in [0.2, 0.25) is 0 Å². The van der Waals surface area contributed by atoms with Crippen LogP contribution in [0.15, 0.2) is 42.5 Å². The molecule has 3 rings (SSSR count). The molecule has 1 atom stereocenters. The lowest BCUT2D eigenvalue weighted by molar-refractivity contribution is 0.0104. The third-order valence-electron chi connectivity index (χ3n) is 5.04. The number of hydrogen-bond donors (Lipinski definition) is 1. The fraction of sp³-hybridized carbons (Fsp3) is 0.474. The summed E-state index contributed by atoms with van der Waals surface area (Å²) < 4.78 is 0. The summed E-state index contributed by atoms with van der Waals surface area (Å²) in [5.74, 6) is 0. The van der Waals surface area contributed by atoms with E-state index in [1.54, 1.807) is 0 Å². The molecule has 0 amide bonds. The summed E-state index contributed by atoms with van der Waals surface area (Å²) in [5, 5.41) is 13.2. The zero-order chi connectivity index (χ0) is 14.0. The Kier molecular flexibility index (Phi) is 3.80. The fourth-order valence-electron chi connectivity index (χ4n) is 3.53. The van der Waals surface area contributed by atoms with Gasteiger partial charge in [0.05, 0.1) is 6.10 Å². The molecule has 0 aromatic heterocycles. The van der Waals surface area contributed by atoms with Crippen LogP contribution in [-0.4, -0.2) is 11.2 Å². The quantitative estimate of drug-likeness (QED) is 0.854. The molecule has 0 saturated heterocycles. The van der Waals surface area contributed by atoms with Crippen molar-refractivity contribution in [1.82, 2.24) is 0 Å². The number of aliphatic hydroxyl groups is 1. The third-order valence-corrected chi connectivity index (χ3v) is 5.04. The van der Waals surface area contributed by atoms with Crippen molar-refractivity contribution >= 4 is 10.8 Å². The van der Waals surface area contributed by atoms with Crippen LogP contribution in [0.25, 0.3) is 10.8 Å². The SMILES string of the molecule is CC1(C(O)Cc2ccc3ccccc3c2)CCCCC1. The fourth-order valence-corrected chi connectivity index (χ4v) is 3.53. The lowest BCUT2D eigenvalue weighted by atomic mass is 9.70. The summed E-state index contributed by atoms with van der Waals surface area (Å²) in [5.41, 5.74) is 1.37. The molecule has 20 heavy (non-hydrogen) atoms. The monoisotopic (exact) mass is 268 g/mol. The smallest absolute Gasteiger partial charge is 0.0634 e. The van der Waals surface area contributed by atoms with E-state index in [-0.39, 0.29) is 11.5 Å². The predicted molar refractivity (Wildman–Crippen MR) is 84.9 cm³/mol. The van der Waals surface area contributed by atoms with E-state index < -0.39 is 0 Å². The highest BCUT2D eigenvalue weighted by Gasteiger charge is 2.34. The standard InChI is InChI=1S/C19H24O/c1-19(11-5-2-6-12-19)18(20)14-15-9-10-16-7-3-4-8-17(16)13-15/h3-4,7-10,13,18,20H,2,5-6,11-12,14H2,1H3. The first-order valence-electron chi connectivity index (χ1n) is 7.83. The first-order valence-corrected chi connectivity index (χ1v) is 7.83. The molecule has 106 valence electrons. The van der Waals surface area contributed by atoms with Crippen LogP contribution < -0.4 is 0 Å². The van der Waals surface area contributed by atoms with Gasteiger partial charge in [-0.2, -0.15) is 0 Å². The van der Waals surface area contributed by atoms with Crippen LogP contribution in [0.3, 0.4) is 0 Å². The molecule has 0 aliphatic heterocycles. The van der Waals surface area contributed by atoms with Crippen LogP contribution in [0.1, 0.15) is 44.6 Å². The summed E-state index contributed by atoms with van der Waals surface area (Å²) in [7, 11) is 0. The molecule has 1 nitrogen and oxygen atoms in total. The van der Waals surface area contributed by atoms with Gasteiger partial charge in [0.15, 0.2) is 0 Å². The Morgan fingerprint density at radius 1 is 1.00 bits per heavy atom. The van der Waals surface area contributed by atoms with Crippen LogP contribution in [0, 0.1) is 5.41 Å². The summed E-state index contributed by atoms with van der Waals surface area (Å²) in [6, 6.07) is 15.0. The molecule has 0 bridgehead atoms. The van der Waals surface area contributed by atoms with Crippen molar-refractivity contribution in [3.05, 3.63) is 48.0 Å². The molecule has 0 radical (unpaired) electrons. The zero-order valence-electron chi connectivity index (χ0n) is 12.3. The van der Waals surface area contributed by atoms with Gasteiger partial charge in [0.25, 0.3) is 0 Å².